The number of likely N-dealkylation sites (tertiary alicyclic amines) is 1. The number of halogens is 1. The fourth-order valence-corrected chi connectivity index (χ4v) is 3.15. The lowest BCUT2D eigenvalue weighted by atomic mass is 10.1. The van der Waals surface area contributed by atoms with Gasteiger partial charge in [0.15, 0.2) is 0 Å². The molecule has 1 aromatic rings. The Kier molecular flexibility index (Phi) is 5.10. The molecule has 1 saturated heterocycles. The van der Waals surface area contributed by atoms with Crippen molar-refractivity contribution in [2.24, 2.45) is 0 Å². The molecule has 1 aromatic heterocycles. The van der Waals surface area contributed by atoms with Gasteiger partial charge in [0.1, 0.15) is 0 Å². The first-order valence-corrected chi connectivity index (χ1v) is 7.27. The lowest BCUT2D eigenvalue weighted by Crippen LogP contribution is -2.35. The summed E-state index contributed by atoms with van der Waals surface area (Å²) in [6, 6.07) is 1.97. The van der Waals surface area contributed by atoms with Gasteiger partial charge in [0, 0.05) is 24.5 Å². The number of rotatable bonds is 5. The molecule has 1 aliphatic rings. The van der Waals surface area contributed by atoms with Crippen molar-refractivity contribution in [2.45, 2.75) is 25.8 Å². The van der Waals surface area contributed by atoms with Gasteiger partial charge in [0.2, 0.25) is 0 Å². The van der Waals surface area contributed by atoms with Crippen LogP contribution in [0.2, 0.25) is 5.02 Å². The quantitative estimate of drug-likeness (QED) is 0.817. The van der Waals surface area contributed by atoms with Crippen LogP contribution in [0.1, 0.15) is 24.1 Å². The van der Waals surface area contributed by atoms with E-state index in [2.05, 4.69) is 10.2 Å². The van der Waals surface area contributed by atoms with Gasteiger partial charge in [0.25, 0.3) is 0 Å². The Hall–Kier alpha value is -0.0900. The predicted molar refractivity (Wildman–Crippen MR) is 71.3 cm³/mol. The Balaban J connectivity index is 1.59. The summed E-state index contributed by atoms with van der Waals surface area (Å²) >= 11 is 7.75. The molecule has 0 bridgehead atoms. The molecule has 4 heteroatoms. The molecular formula is C12H19ClN2S. The molecule has 0 aromatic carbocycles. The summed E-state index contributed by atoms with van der Waals surface area (Å²) in [7, 11) is 0. The fraction of sp³-hybridized carbons (Fsp3) is 0.667. The first-order valence-electron chi connectivity index (χ1n) is 6.01. The van der Waals surface area contributed by atoms with E-state index in [4.69, 9.17) is 11.6 Å². The highest BCUT2D eigenvalue weighted by molar-refractivity contribution is 7.10. The van der Waals surface area contributed by atoms with E-state index in [9.17, 15) is 0 Å². The van der Waals surface area contributed by atoms with Crippen molar-refractivity contribution in [2.75, 3.05) is 26.2 Å². The van der Waals surface area contributed by atoms with Gasteiger partial charge in [-0.2, -0.15) is 0 Å². The Labute approximate surface area is 107 Å². The highest BCUT2D eigenvalue weighted by Gasteiger charge is 2.09. The molecule has 2 heterocycles. The van der Waals surface area contributed by atoms with E-state index < -0.39 is 0 Å². The molecule has 90 valence electrons. The smallest absolute Gasteiger partial charge is 0.0558 e. The van der Waals surface area contributed by atoms with Gasteiger partial charge >= 0.3 is 0 Å². The van der Waals surface area contributed by atoms with Crippen LogP contribution in [0.25, 0.3) is 0 Å². The van der Waals surface area contributed by atoms with Gasteiger partial charge in [-0.25, -0.2) is 0 Å². The maximum Gasteiger partial charge on any atom is 0.0558 e. The molecule has 0 unspecified atom stereocenters. The van der Waals surface area contributed by atoms with Gasteiger partial charge in [-0.3, -0.25) is 0 Å². The Morgan fingerprint density at radius 1 is 1.31 bits per heavy atom. The van der Waals surface area contributed by atoms with Crippen LogP contribution in [0.4, 0.5) is 0 Å². The van der Waals surface area contributed by atoms with Crippen molar-refractivity contribution < 1.29 is 0 Å². The molecule has 2 rings (SSSR count). The standard InChI is InChI=1S/C12H19ClN2S/c13-11-4-9-16-12(11)10-14-5-8-15-6-2-1-3-7-15/h4,9,14H,1-3,5-8,10H2. The predicted octanol–water partition coefficient (Wildman–Crippen LogP) is 2.98. The number of thiophene rings is 1. The first-order chi connectivity index (χ1) is 7.86. The highest BCUT2D eigenvalue weighted by Crippen LogP contribution is 2.21. The van der Waals surface area contributed by atoms with Gasteiger partial charge in [0.05, 0.1) is 5.02 Å². The Bertz CT molecular complexity index is 308. The summed E-state index contributed by atoms with van der Waals surface area (Å²) in [4.78, 5) is 3.80. The zero-order valence-corrected chi connectivity index (χ0v) is 11.1. The topological polar surface area (TPSA) is 15.3 Å². The van der Waals surface area contributed by atoms with Crippen LogP contribution in [0, 0.1) is 0 Å². The number of nitrogens with one attached hydrogen (secondary N) is 1. The van der Waals surface area contributed by atoms with E-state index in [1.54, 1.807) is 11.3 Å². The van der Waals surface area contributed by atoms with Crippen LogP contribution >= 0.6 is 22.9 Å². The van der Waals surface area contributed by atoms with Gasteiger partial charge in [-0.1, -0.05) is 18.0 Å². The van der Waals surface area contributed by atoms with E-state index in [0.29, 0.717) is 0 Å². The van der Waals surface area contributed by atoms with E-state index >= 15 is 0 Å². The summed E-state index contributed by atoms with van der Waals surface area (Å²) in [5, 5.41) is 6.40. The minimum atomic E-state index is 0.899. The second-order valence-corrected chi connectivity index (χ2v) is 5.68. The van der Waals surface area contributed by atoms with Crippen LogP contribution in [0.15, 0.2) is 11.4 Å². The van der Waals surface area contributed by atoms with Crippen molar-refractivity contribution in [1.82, 2.24) is 10.2 Å². The Morgan fingerprint density at radius 3 is 2.81 bits per heavy atom. The minimum absolute atomic E-state index is 0.899. The van der Waals surface area contributed by atoms with E-state index in [-0.39, 0.29) is 0 Å². The minimum Gasteiger partial charge on any atom is -0.311 e. The van der Waals surface area contributed by atoms with Crippen LogP contribution in [0.5, 0.6) is 0 Å². The van der Waals surface area contributed by atoms with Crippen molar-refractivity contribution in [1.29, 1.82) is 0 Å². The number of nitrogens with zero attached hydrogens (tertiary/aromatic N) is 1. The molecule has 2 nitrogen and oxygen atoms in total. The second kappa shape index (κ2) is 6.60. The molecule has 1 aliphatic heterocycles. The molecular weight excluding hydrogens is 240 g/mol. The highest BCUT2D eigenvalue weighted by atomic mass is 35.5. The summed E-state index contributed by atoms with van der Waals surface area (Å²) < 4.78 is 0. The number of hydrogen-bond acceptors (Lipinski definition) is 3. The number of hydrogen-bond donors (Lipinski definition) is 1. The van der Waals surface area contributed by atoms with E-state index in [1.807, 2.05) is 11.4 Å². The summed E-state index contributed by atoms with van der Waals surface area (Å²) in [5.41, 5.74) is 0. The second-order valence-electron chi connectivity index (χ2n) is 4.27. The monoisotopic (exact) mass is 258 g/mol. The average molecular weight is 259 g/mol. The Morgan fingerprint density at radius 2 is 2.12 bits per heavy atom. The molecule has 0 radical (unpaired) electrons. The normalized spacial score (nSPS) is 17.8. The molecule has 0 amide bonds. The molecule has 1 fully saturated rings. The fourth-order valence-electron chi connectivity index (χ4n) is 2.07. The van der Waals surface area contributed by atoms with Crippen LogP contribution in [-0.4, -0.2) is 31.1 Å². The maximum atomic E-state index is 6.03. The van der Waals surface area contributed by atoms with Crippen molar-refractivity contribution in [3.05, 3.63) is 21.3 Å². The molecule has 1 N–H and O–H groups in total. The largest absolute Gasteiger partial charge is 0.311 e. The lowest BCUT2D eigenvalue weighted by Gasteiger charge is -2.26. The first kappa shape index (κ1) is 12.4. The molecule has 16 heavy (non-hydrogen) atoms. The summed E-state index contributed by atoms with van der Waals surface area (Å²) in [6.45, 7) is 5.70. The van der Waals surface area contributed by atoms with E-state index in [0.717, 1.165) is 18.1 Å². The van der Waals surface area contributed by atoms with Gasteiger partial charge in [-0.15, -0.1) is 11.3 Å². The molecule has 0 atom stereocenters. The average Bonchev–Trinajstić information content (AvgIpc) is 2.72. The van der Waals surface area contributed by atoms with Crippen molar-refractivity contribution >= 4 is 22.9 Å². The summed E-state index contributed by atoms with van der Waals surface area (Å²) in [6.07, 6.45) is 4.15. The maximum absolute atomic E-state index is 6.03. The zero-order valence-electron chi connectivity index (χ0n) is 9.54. The third-order valence-electron chi connectivity index (χ3n) is 3.03. The lowest BCUT2D eigenvalue weighted by molar-refractivity contribution is 0.229. The van der Waals surface area contributed by atoms with Gasteiger partial charge < -0.3 is 10.2 Å². The summed E-state index contributed by atoms with van der Waals surface area (Å²) in [5.74, 6) is 0. The third-order valence-corrected chi connectivity index (χ3v) is 4.42. The van der Waals surface area contributed by atoms with Gasteiger partial charge in [-0.05, 0) is 37.4 Å². The zero-order chi connectivity index (χ0) is 11.2. The number of piperidine rings is 1. The SMILES string of the molecule is Clc1ccsc1CNCCN1CCCCC1. The van der Waals surface area contributed by atoms with Crippen molar-refractivity contribution in [3.8, 4) is 0 Å². The molecule has 0 spiro atoms. The van der Waals surface area contributed by atoms with Crippen molar-refractivity contribution in [3.63, 3.8) is 0 Å². The molecule has 0 saturated carbocycles. The molecule has 0 aliphatic carbocycles. The van der Waals surface area contributed by atoms with E-state index in [1.165, 1.54) is 43.8 Å². The third kappa shape index (κ3) is 3.74. The van der Waals surface area contributed by atoms with Crippen LogP contribution < -0.4 is 5.32 Å². The van der Waals surface area contributed by atoms with Crippen LogP contribution in [-0.2, 0) is 6.54 Å². The van der Waals surface area contributed by atoms with Crippen LogP contribution in [0.3, 0.4) is 0 Å².